The highest BCUT2D eigenvalue weighted by molar-refractivity contribution is 6.30. The van der Waals surface area contributed by atoms with Crippen molar-refractivity contribution in [3.63, 3.8) is 0 Å². The van der Waals surface area contributed by atoms with Crippen molar-refractivity contribution in [2.45, 2.75) is 45.3 Å². The topological polar surface area (TPSA) is 52.6 Å². The maximum Gasteiger partial charge on any atom is 0.418 e. The second-order valence-electron chi connectivity index (χ2n) is 4.48. The third-order valence-electron chi connectivity index (χ3n) is 1.76. The number of carbonyl (C=O) groups is 2. The average Bonchev–Trinajstić information content (AvgIpc) is 1.85. The Kier molecular flexibility index (Phi) is 2.10. The van der Waals surface area contributed by atoms with E-state index in [1.807, 2.05) is 0 Å². The van der Waals surface area contributed by atoms with E-state index in [4.69, 9.17) is 9.47 Å². The lowest BCUT2D eigenvalue weighted by Crippen LogP contribution is -2.34. The molecule has 0 spiro atoms. The molecule has 0 atom stereocenters. The van der Waals surface area contributed by atoms with E-state index in [-0.39, 0.29) is 0 Å². The summed E-state index contributed by atoms with van der Waals surface area (Å²) in [6.07, 6.45) is 0.498. The van der Waals surface area contributed by atoms with Crippen molar-refractivity contribution in [3.05, 3.63) is 0 Å². The van der Waals surface area contributed by atoms with Gasteiger partial charge in [-0.1, -0.05) is 0 Å². The maximum atomic E-state index is 11.0. The fraction of sp³-hybridized carbons (Fsp3) is 0.778. The molecule has 4 nitrogen and oxygen atoms in total. The lowest BCUT2D eigenvalue weighted by molar-refractivity contribution is -0.172. The van der Waals surface area contributed by atoms with E-state index in [1.54, 1.807) is 27.7 Å². The number of esters is 2. The second-order valence-corrected chi connectivity index (χ2v) is 4.48. The first kappa shape index (κ1) is 10.0. The van der Waals surface area contributed by atoms with Gasteiger partial charge in [0.15, 0.2) is 0 Å². The normalized spacial score (nSPS) is 25.8. The Bertz CT molecular complexity index is 226. The van der Waals surface area contributed by atoms with Crippen molar-refractivity contribution >= 4 is 11.9 Å². The Labute approximate surface area is 77.2 Å². The fourth-order valence-electron chi connectivity index (χ4n) is 1.68. The first-order chi connectivity index (χ1) is 5.72. The quantitative estimate of drug-likeness (QED) is 0.419. The van der Waals surface area contributed by atoms with Crippen molar-refractivity contribution in [3.8, 4) is 0 Å². The van der Waals surface area contributed by atoms with Crippen LogP contribution in [-0.2, 0) is 19.1 Å². The number of carbonyl (C=O) groups excluding carboxylic acids is 2. The van der Waals surface area contributed by atoms with Crippen LogP contribution in [0.25, 0.3) is 0 Å². The van der Waals surface area contributed by atoms with E-state index < -0.39 is 23.1 Å². The number of hydrogen-bond donors (Lipinski definition) is 0. The van der Waals surface area contributed by atoms with E-state index in [2.05, 4.69) is 0 Å². The van der Waals surface area contributed by atoms with Crippen molar-refractivity contribution in [1.82, 2.24) is 0 Å². The van der Waals surface area contributed by atoms with Crippen molar-refractivity contribution in [1.29, 1.82) is 0 Å². The summed E-state index contributed by atoms with van der Waals surface area (Å²) < 4.78 is 9.87. The molecule has 13 heavy (non-hydrogen) atoms. The molecule has 0 bridgehead atoms. The van der Waals surface area contributed by atoms with Gasteiger partial charge in [-0.25, -0.2) is 9.59 Å². The first-order valence-electron chi connectivity index (χ1n) is 4.18. The van der Waals surface area contributed by atoms with Crippen LogP contribution in [0.3, 0.4) is 0 Å². The standard InChI is InChI=1S/C9H14O4/c1-8(2)5-9(3,4)13-7(11)6(10)12-8/h5H2,1-4H3. The summed E-state index contributed by atoms with van der Waals surface area (Å²) in [5, 5.41) is 0. The fourth-order valence-corrected chi connectivity index (χ4v) is 1.68. The highest BCUT2D eigenvalue weighted by Gasteiger charge is 2.41. The Hall–Kier alpha value is -1.06. The van der Waals surface area contributed by atoms with Gasteiger partial charge < -0.3 is 9.47 Å². The molecule has 1 rings (SSSR count). The van der Waals surface area contributed by atoms with Crippen LogP contribution in [0.15, 0.2) is 0 Å². The van der Waals surface area contributed by atoms with Gasteiger partial charge in [-0.2, -0.15) is 0 Å². The molecule has 0 unspecified atom stereocenters. The van der Waals surface area contributed by atoms with Crippen molar-refractivity contribution < 1.29 is 19.1 Å². The third-order valence-corrected chi connectivity index (χ3v) is 1.76. The number of hydrogen-bond acceptors (Lipinski definition) is 4. The van der Waals surface area contributed by atoms with Crippen LogP contribution in [-0.4, -0.2) is 23.1 Å². The molecule has 0 radical (unpaired) electrons. The van der Waals surface area contributed by atoms with Crippen molar-refractivity contribution in [2.75, 3.05) is 0 Å². The molecule has 1 fully saturated rings. The van der Waals surface area contributed by atoms with Gasteiger partial charge >= 0.3 is 11.9 Å². The van der Waals surface area contributed by atoms with Gasteiger partial charge in [-0.05, 0) is 27.7 Å². The predicted molar refractivity (Wildman–Crippen MR) is 45.0 cm³/mol. The van der Waals surface area contributed by atoms with E-state index in [0.717, 1.165) is 0 Å². The number of cyclic esters (lactones) is 2. The molecule has 0 aromatic rings. The van der Waals surface area contributed by atoms with Gasteiger partial charge in [0, 0.05) is 6.42 Å². The second kappa shape index (κ2) is 2.72. The summed E-state index contributed by atoms with van der Waals surface area (Å²) in [4.78, 5) is 22.0. The summed E-state index contributed by atoms with van der Waals surface area (Å²) in [5.41, 5.74) is -1.29. The van der Waals surface area contributed by atoms with E-state index in [0.29, 0.717) is 6.42 Å². The molecule has 1 aliphatic heterocycles. The highest BCUT2D eigenvalue weighted by atomic mass is 16.6. The van der Waals surface area contributed by atoms with Crippen LogP contribution in [0.5, 0.6) is 0 Å². The largest absolute Gasteiger partial charge is 0.451 e. The van der Waals surface area contributed by atoms with Gasteiger partial charge in [0.25, 0.3) is 0 Å². The van der Waals surface area contributed by atoms with Crippen LogP contribution in [0.1, 0.15) is 34.1 Å². The molecule has 0 aliphatic carbocycles. The minimum Gasteiger partial charge on any atom is -0.451 e. The maximum absolute atomic E-state index is 11.0. The molecule has 1 saturated heterocycles. The molecule has 0 N–H and O–H groups in total. The molecule has 1 heterocycles. The number of ether oxygens (including phenoxy) is 2. The monoisotopic (exact) mass is 186 g/mol. The molecular weight excluding hydrogens is 172 g/mol. The summed E-state index contributed by atoms with van der Waals surface area (Å²) in [6, 6.07) is 0. The molecular formula is C9H14O4. The third kappa shape index (κ3) is 2.44. The Morgan fingerprint density at radius 2 is 1.23 bits per heavy atom. The molecule has 74 valence electrons. The molecule has 4 heteroatoms. The van der Waals surface area contributed by atoms with E-state index in [1.165, 1.54) is 0 Å². The SMILES string of the molecule is CC1(C)CC(C)(C)OC(=O)C(=O)O1. The summed E-state index contributed by atoms with van der Waals surface area (Å²) in [7, 11) is 0. The summed E-state index contributed by atoms with van der Waals surface area (Å²) >= 11 is 0. The highest BCUT2D eigenvalue weighted by Crippen LogP contribution is 2.29. The smallest absolute Gasteiger partial charge is 0.418 e. The Morgan fingerprint density at radius 1 is 0.923 bits per heavy atom. The lowest BCUT2D eigenvalue weighted by Gasteiger charge is -2.28. The van der Waals surface area contributed by atoms with E-state index in [9.17, 15) is 9.59 Å². The Morgan fingerprint density at radius 3 is 1.54 bits per heavy atom. The van der Waals surface area contributed by atoms with Crippen LogP contribution in [0, 0.1) is 0 Å². The number of rotatable bonds is 0. The van der Waals surface area contributed by atoms with Crippen LogP contribution in [0.2, 0.25) is 0 Å². The van der Waals surface area contributed by atoms with Crippen LogP contribution >= 0.6 is 0 Å². The zero-order chi connectivity index (χ0) is 10.3. The minimum absolute atomic E-state index is 0.498. The van der Waals surface area contributed by atoms with Gasteiger partial charge in [0.05, 0.1) is 0 Å². The average molecular weight is 186 g/mol. The molecule has 0 saturated carbocycles. The zero-order valence-corrected chi connectivity index (χ0v) is 8.34. The van der Waals surface area contributed by atoms with Gasteiger partial charge in [-0.15, -0.1) is 0 Å². The van der Waals surface area contributed by atoms with Crippen LogP contribution < -0.4 is 0 Å². The lowest BCUT2D eigenvalue weighted by atomic mass is 9.92. The predicted octanol–water partition coefficient (Wildman–Crippen LogP) is 1.03. The summed E-state index contributed by atoms with van der Waals surface area (Å²) in [6.45, 7) is 7.03. The minimum atomic E-state index is -0.907. The van der Waals surface area contributed by atoms with E-state index >= 15 is 0 Å². The first-order valence-corrected chi connectivity index (χ1v) is 4.18. The molecule has 1 aliphatic rings. The van der Waals surface area contributed by atoms with Gasteiger partial charge in [0.2, 0.25) is 0 Å². The summed E-state index contributed by atoms with van der Waals surface area (Å²) in [5.74, 6) is -1.81. The van der Waals surface area contributed by atoms with Crippen LogP contribution in [0.4, 0.5) is 0 Å². The molecule has 0 amide bonds. The zero-order valence-electron chi connectivity index (χ0n) is 8.34. The van der Waals surface area contributed by atoms with Gasteiger partial charge in [-0.3, -0.25) is 0 Å². The van der Waals surface area contributed by atoms with Gasteiger partial charge in [0.1, 0.15) is 11.2 Å². The molecule has 0 aromatic carbocycles. The Balaban J connectivity index is 2.93. The van der Waals surface area contributed by atoms with Crippen molar-refractivity contribution in [2.24, 2.45) is 0 Å². The molecule has 0 aromatic heterocycles.